The molecule has 8 nitrogen and oxygen atoms in total. The summed E-state index contributed by atoms with van der Waals surface area (Å²) in [5.41, 5.74) is 4.35. The van der Waals surface area contributed by atoms with Gasteiger partial charge in [-0.15, -0.1) is 5.10 Å². The summed E-state index contributed by atoms with van der Waals surface area (Å²) in [5, 5.41) is 15.9. The van der Waals surface area contributed by atoms with Crippen molar-refractivity contribution in [2.45, 2.75) is 19.3 Å². The van der Waals surface area contributed by atoms with Crippen LogP contribution in [0.5, 0.6) is 5.75 Å². The first-order valence-electron chi connectivity index (χ1n) is 9.93. The van der Waals surface area contributed by atoms with E-state index < -0.39 is 0 Å². The maximum absolute atomic E-state index is 12.6. The van der Waals surface area contributed by atoms with Gasteiger partial charge in [0.25, 0.3) is 5.95 Å². The molecule has 0 fully saturated rings. The fraction of sp³-hybridized carbons (Fsp3) is 0.174. The molecule has 1 amide bonds. The van der Waals surface area contributed by atoms with Gasteiger partial charge in [0.2, 0.25) is 5.91 Å². The molecule has 1 aliphatic heterocycles. The van der Waals surface area contributed by atoms with Crippen LogP contribution in [0.2, 0.25) is 0 Å². The van der Waals surface area contributed by atoms with Crippen molar-refractivity contribution < 1.29 is 9.53 Å². The molecular formula is C23H20N6O2. The molecule has 1 N–H and O–H groups in total. The van der Waals surface area contributed by atoms with Gasteiger partial charge in [-0.25, -0.2) is 4.98 Å². The number of carbonyl (C=O) groups is 1. The average Bonchev–Trinajstić information content (AvgIpc) is 3.15. The van der Waals surface area contributed by atoms with Gasteiger partial charge in [-0.1, -0.05) is 42.5 Å². The van der Waals surface area contributed by atoms with Gasteiger partial charge in [0.1, 0.15) is 11.6 Å². The second-order valence-corrected chi connectivity index (χ2v) is 7.35. The minimum atomic E-state index is -0.141. The number of amides is 1. The van der Waals surface area contributed by atoms with E-state index in [9.17, 15) is 4.79 Å². The van der Waals surface area contributed by atoms with Crippen LogP contribution in [0.25, 0.3) is 17.2 Å². The van der Waals surface area contributed by atoms with Crippen LogP contribution in [-0.2, 0) is 4.79 Å². The number of aromatic nitrogens is 5. The van der Waals surface area contributed by atoms with E-state index in [2.05, 4.69) is 25.6 Å². The van der Waals surface area contributed by atoms with Gasteiger partial charge < -0.3 is 10.1 Å². The van der Waals surface area contributed by atoms with Crippen molar-refractivity contribution in [3.05, 3.63) is 77.6 Å². The Bertz CT molecular complexity index is 1270. The number of methoxy groups -OCH3 is 1. The van der Waals surface area contributed by atoms with E-state index in [0.717, 1.165) is 28.1 Å². The summed E-state index contributed by atoms with van der Waals surface area (Å²) in [6.45, 7) is 1.93. The number of nitrogens with one attached hydrogen (secondary N) is 1. The Hall–Kier alpha value is -4.07. The molecule has 0 saturated carbocycles. The van der Waals surface area contributed by atoms with E-state index in [4.69, 9.17) is 4.74 Å². The van der Waals surface area contributed by atoms with E-state index in [-0.39, 0.29) is 11.8 Å². The lowest BCUT2D eigenvalue weighted by molar-refractivity contribution is -0.116. The van der Waals surface area contributed by atoms with Gasteiger partial charge >= 0.3 is 0 Å². The van der Waals surface area contributed by atoms with Crippen LogP contribution in [0.1, 0.15) is 29.2 Å². The van der Waals surface area contributed by atoms with Crippen molar-refractivity contribution in [2.24, 2.45) is 0 Å². The number of ether oxygens (including phenoxy) is 1. The fourth-order valence-electron chi connectivity index (χ4n) is 3.97. The van der Waals surface area contributed by atoms with Crippen molar-refractivity contribution in [1.82, 2.24) is 25.0 Å². The monoisotopic (exact) mass is 412 g/mol. The predicted molar refractivity (Wildman–Crippen MR) is 115 cm³/mol. The molecule has 5 rings (SSSR count). The Labute approximate surface area is 178 Å². The maximum Gasteiger partial charge on any atom is 0.272 e. The molecule has 0 saturated heterocycles. The number of carbonyl (C=O) groups excluding carboxylic acids is 1. The van der Waals surface area contributed by atoms with Crippen LogP contribution < -0.4 is 10.1 Å². The number of aryl methyl sites for hydroxylation is 1. The van der Waals surface area contributed by atoms with Gasteiger partial charge in [0.15, 0.2) is 0 Å². The summed E-state index contributed by atoms with van der Waals surface area (Å²) in [5.74, 6) is 1.40. The Morgan fingerprint density at radius 2 is 1.97 bits per heavy atom. The van der Waals surface area contributed by atoms with Crippen LogP contribution in [-0.4, -0.2) is 38.0 Å². The van der Waals surface area contributed by atoms with Crippen LogP contribution in [0.15, 0.2) is 60.8 Å². The minimum Gasteiger partial charge on any atom is -0.497 e. The second kappa shape index (κ2) is 7.64. The van der Waals surface area contributed by atoms with Crippen molar-refractivity contribution in [1.29, 1.82) is 0 Å². The summed E-state index contributed by atoms with van der Waals surface area (Å²) >= 11 is 0. The van der Waals surface area contributed by atoms with Gasteiger partial charge in [0, 0.05) is 23.5 Å². The van der Waals surface area contributed by atoms with E-state index in [1.54, 1.807) is 18.0 Å². The van der Waals surface area contributed by atoms with Gasteiger partial charge in [0.05, 0.1) is 24.7 Å². The highest BCUT2D eigenvalue weighted by Gasteiger charge is 2.33. The lowest BCUT2D eigenvalue weighted by Crippen LogP contribution is -2.25. The standard InChI is InChI=1S/C23H20N6O2/c1-14-21-18(16-9-6-10-17(11-16)31-2)12-20(30)26-22(21)29(28-14)23-25-19(13-24-27-23)15-7-4-3-5-8-15/h3-11,13,18H,12H2,1-2H3,(H,26,30)/t18-/m0/s1. The number of anilines is 1. The fourth-order valence-corrected chi connectivity index (χ4v) is 3.97. The molecule has 2 aromatic heterocycles. The van der Waals surface area contributed by atoms with Crippen molar-refractivity contribution >= 4 is 11.7 Å². The minimum absolute atomic E-state index is 0.0892. The number of benzene rings is 2. The molecule has 0 radical (unpaired) electrons. The molecule has 0 unspecified atom stereocenters. The highest BCUT2D eigenvalue weighted by Crippen LogP contribution is 2.40. The molecule has 0 spiro atoms. The Kier molecular flexibility index (Phi) is 4.66. The van der Waals surface area contributed by atoms with Gasteiger partial charge in [-0.05, 0) is 24.6 Å². The number of nitrogens with zero attached hydrogens (tertiary/aromatic N) is 5. The van der Waals surface area contributed by atoms with Crippen LogP contribution in [0, 0.1) is 6.92 Å². The normalized spacial score (nSPS) is 15.3. The summed E-state index contributed by atoms with van der Waals surface area (Å²) in [4.78, 5) is 17.2. The molecule has 0 aliphatic carbocycles. The highest BCUT2D eigenvalue weighted by atomic mass is 16.5. The molecule has 3 heterocycles. The third-order valence-electron chi connectivity index (χ3n) is 5.41. The van der Waals surface area contributed by atoms with E-state index >= 15 is 0 Å². The highest BCUT2D eigenvalue weighted by molar-refractivity contribution is 5.95. The molecular weight excluding hydrogens is 392 g/mol. The summed E-state index contributed by atoms with van der Waals surface area (Å²) in [7, 11) is 1.63. The van der Waals surface area contributed by atoms with Crippen molar-refractivity contribution in [3.8, 4) is 23.0 Å². The van der Waals surface area contributed by atoms with E-state index in [1.807, 2.05) is 61.5 Å². The molecule has 1 aliphatic rings. The van der Waals surface area contributed by atoms with E-state index in [1.165, 1.54) is 0 Å². The Morgan fingerprint density at radius 1 is 1.13 bits per heavy atom. The average molecular weight is 412 g/mol. The van der Waals surface area contributed by atoms with Gasteiger partial charge in [-0.3, -0.25) is 4.79 Å². The van der Waals surface area contributed by atoms with Gasteiger partial charge in [-0.2, -0.15) is 14.9 Å². The smallest absolute Gasteiger partial charge is 0.272 e. The molecule has 2 aromatic carbocycles. The topological polar surface area (TPSA) is 94.8 Å². The first-order chi connectivity index (χ1) is 15.1. The molecule has 8 heteroatoms. The lowest BCUT2D eigenvalue weighted by atomic mass is 9.86. The number of hydrogen-bond acceptors (Lipinski definition) is 6. The predicted octanol–water partition coefficient (Wildman–Crippen LogP) is 3.52. The van der Waals surface area contributed by atoms with E-state index in [0.29, 0.717) is 23.9 Å². The zero-order valence-corrected chi connectivity index (χ0v) is 17.1. The first-order valence-corrected chi connectivity index (χ1v) is 9.93. The molecule has 0 bridgehead atoms. The third kappa shape index (κ3) is 3.42. The van der Waals surface area contributed by atoms with Crippen molar-refractivity contribution in [2.75, 3.05) is 12.4 Å². The Balaban J connectivity index is 1.62. The number of fused-ring (bicyclic) bond motifs is 1. The van der Waals surface area contributed by atoms with Crippen molar-refractivity contribution in [3.63, 3.8) is 0 Å². The molecule has 31 heavy (non-hydrogen) atoms. The molecule has 1 atom stereocenters. The summed E-state index contributed by atoms with van der Waals surface area (Å²) < 4.78 is 6.93. The number of rotatable bonds is 4. The van der Waals surface area contributed by atoms with Crippen LogP contribution >= 0.6 is 0 Å². The number of hydrogen-bond donors (Lipinski definition) is 1. The Morgan fingerprint density at radius 3 is 2.77 bits per heavy atom. The van der Waals surface area contributed by atoms with Crippen LogP contribution in [0.3, 0.4) is 0 Å². The molecule has 4 aromatic rings. The quantitative estimate of drug-likeness (QED) is 0.551. The zero-order valence-electron chi connectivity index (χ0n) is 17.1. The summed E-state index contributed by atoms with van der Waals surface area (Å²) in [6.07, 6.45) is 1.94. The van der Waals surface area contributed by atoms with Crippen LogP contribution in [0.4, 0.5) is 5.82 Å². The second-order valence-electron chi connectivity index (χ2n) is 7.35. The molecule has 154 valence electrons. The zero-order chi connectivity index (χ0) is 21.4. The third-order valence-corrected chi connectivity index (χ3v) is 5.41. The largest absolute Gasteiger partial charge is 0.497 e. The lowest BCUT2D eigenvalue weighted by Gasteiger charge is -2.24. The first kappa shape index (κ1) is 18.9. The SMILES string of the molecule is COc1cccc([C@@H]2CC(=O)Nc3c2c(C)nn3-c2nncc(-c3ccccc3)n2)c1. The maximum atomic E-state index is 12.6. The summed E-state index contributed by atoms with van der Waals surface area (Å²) in [6, 6.07) is 17.5.